The van der Waals surface area contributed by atoms with E-state index in [-0.39, 0.29) is 30.2 Å². The van der Waals surface area contributed by atoms with Crippen LogP contribution >= 0.6 is 0 Å². The highest BCUT2D eigenvalue weighted by molar-refractivity contribution is 6.83. The molecule has 0 bridgehead atoms. The smallest absolute Gasteiger partial charge is 0.311 e. The van der Waals surface area contributed by atoms with Gasteiger partial charge in [0.05, 0.1) is 11.5 Å². The van der Waals surface area contributed by atoms with Crippen molar-refractivity contribution in [3.05, 3.63) is 35.4 Å². The molecule has 4 heteroatoms. The number of rotatable bonds is 3. The van der Waals surface area contributed by atoms with E-state index in [9.17, 15) is 4.79 Å². The summed E-state index contributed by atoms with van der Waals surface area (Å²) in [6, 6.07) is 8.24. The molecule has 0 aromatic heterocycles. The lowest BCUT2D eigenvalue weighted by Crippen LogP contribution is -2.47. The summed E-state index contributed by atoms with van der Waals surface area (Å²) in [6.45, 7) is 18.9. The van der Waals surface area contributed by atoms with Crippen LogP contribution in [0, 0.1) is 28.7 Å². The first-order chi connectivity index (χ1) is 13.3. The number of hydrogen-bond acceptors (Lipinski definition) is 3. The van der Waals surface area contributed by atoms with Gasteiger partial charge in [-0.25, -0.2) is 0 Å². The Balaban J connectivity index is 2.41. The highest BCUT2D eigenvalue weighted by Crippen LogP contribution is 2.42. The largest absolute Gasteiger partial charge is 0.459 e. The Kier molecular flexibility index (Phi) is 7.41. The van der Waals surface area contributed by atoms with Crippen molar-refractivity contribution in [1.82, 2.24) is 0 Å². The van der Waals surface area contributed by atoms with Crippen molar-refractivity contribution in [2.75, 3.05) is 0 Å². The van der Waals surface area contributed by atoms with E-state index in [2.05, 4.69) is 64.0 Å². The van der Waals surface area contributed by atoms with Gasteiger partial charge in [-0.05, 0) is 50.8 Å². The van der Waals surface area contributed by atoms with Crippen molar-refractivity contribution in [3.63, 3.8) is 0 Å². The molecule has 1 aromatic carbocycles. The van der Waals surface area contributed by atoms with Gasteiger partial charge in [0.15, 0.2) is 0 Å². The first-order valence-electron chi connectivity index (χ1n) is 10.8. The van der Waals surface area contributed by atoms with Crippen LogP contribution in [0.4, 0.5) is 0 Å². The molecular weight excluding hydrogens is 376 g/mol. The molecule has 5 atom stereocenters. The van der Waals surface area contributed by atoms with Crippen LogP contribution in [0.1, 0.15) is 65.2 Å². The second-order valence-corrected chi connectivity index (χ2v) is 15.2. The number of hydrogen-bond donors (Lipinski definition) is 0. The fourth-order valence-electron chi connectivity index (χ4n) is 3.56. The summed E-state index contributed by atoms with van der Waals surface area (Å²) in [6.07, 6.45) is 0.513. The maximum Gasteiger partial charge on any atom is 0.311 e. The highest BCUT2D eigenvalue weighted by atomic mass is 28.3. The molecular formula is C25H38O3Si. The number of benzene rings is 1. The zero-order valence-corrected chi connectivity index (χ0v) is 20.6. The normalized spacial score (nSPS) is 27.7. The molecule has 0 unspecified atom stereocenters. The van der Waals surface area contributed by atoms with Crippen LogP contribution in [0.15, 0.2) is 24.3 Å². The monoisotopic (exact) mass is 414 g/mol. The van der Waals surface area contributed by atoms with Gasteiger partial charge in [-0.1, -0.05) is 58.5 Å². The van der Waals surface area contributed by atoms with Gasteiger partial charge in [0.25, 0.3) is 0 Å². The predicted octanol–water partition coefficient (Wildman–Crippen LogP) is 6.00. The summed E-state index contributed by atoms with van der Waals surface area (Å²) >= 11 is 0. The van der Waals surface area contributed by atoms with Crippen molar-refractivity contribution in [3.8, 4) is 11.5 Å². The van der Waals surface area contributed by atoms with Crippen LogP contribution in [0.5, 0.6) is 0 Å². The minimum Gasteiger partial charge on any atom is -0.459 e. The van der Waals surface area contributed by atoms with Crippen molar-refractivity contribution >= 4 is 14.0 Å². The van der Waals surface area contributed by atoms with E-state index in [1.54, 1.807) is 0 Å². The zero-order valence-electron chi connectivity index (χ0n) is 19.6. The number of carbonyl (C=O) groups is 1. The highest BCUT2D eigenvalue weighted by Gasteiger charge is 2.44. The van der Waals surface area contributed by atoms with Crippen LogP contribution in [0.2, 0.25) is 19.6 Å². The van der Waals surface area contributed by atoms with Gasteiger partial charge in [0.1, 0.15) is 20.3 Å². The molecule has 1 aliphatic rings. The lowest BCUT2D eigenvalue weighted by atomic mass is 9.78. The molecule has 0 N–H and O–H groups in total. The summed E-state index contributed by atoms with van der Waals surface area (Å²) in [4.78, 5) is 12.7. The van der Waals surface area contributed by atoms with E-state index in [4.69, 9.17) is 9.47 Å². The summed E-state index contributed by atoms with van der Waals surface area (Å²) in [7, 11) is -1.45. The quantitative estimate of drug-likeness (QED) is 0.346. The van der Waals surface area contributed by atoms with Crippen LogP contribution in [-0.2, 0) is 14.3 Å². The van der Waals surface area contributed by atoms with Crippen molar-refractivity contribution in [2.24, 2.45) is 17.3 Å². The standard InChI is InChI=1S/C25H38O3Si/c1-10-21-17(2)18(3)22(28-24(26)25(4,5)6)23(27-21)20-13-11-12-19(16-20)14-15-29(7,8)9/h11-13,16-18,21-23H,10H2,1-9H3/t17-,18-,21+,22-,23+/m0/s1. The van der Waals surface area contributed by atoms with Gasteiger partial charge in [-0.2, -0.15) is 0 Å². The van der Waals surface area contributed by atoms with E-state index in [1.165, 1.54) is 0 Å². The van der Waals surface area contributed by atoms with Crippen molar-refractivity contribution < 1.29 is 14.3 Å². The van der Waals surface area contributed by atoms with Crippen molar-refractivity contribution in [2.45, 2.75) is 85.9 Å². The molecule has 0 aliphatic carbocycles. The third-order valence-corrected chi connectivity index (χ3v) is 6.48. The number of ether oxygens (including phenoxy) is 2. The lowest BCUT2D eigenvalue weighted by Gasteiger charge is -2.45. The summed E-state index contributed by atoms with van der Waals surface area (Å²) in [5, 5.41) is 0. The summed E-state index contributed by atoms with van der Waals surface area (Å²) in [5.74, 6) is 3.69. The Morgan fingerprint density at radius 3 is 2.38 bits per heavy atom. The van der Waals surface area contributed by atoms with Crippen LogP contribution < -0.4 is 0 Å². The van der Waals surface area contributed by atoms with E-state index in [0.717, 1.165) is 17.5 Å². The van der Waals surface area contributed by atoms with Crippen LogP contribution in [0.25, 0.3) is 0 Å². The fraction of sp³-hybridized carbons (Fsp3) is 0.640. The van der Waals surface area contributed by atoms with E-state index in [0.29, 0.717) is 5.92 Å². The Bertz CT molecular complexity index is 776. The van der Waals surface area contributed by atoms with E-state index in [1.807, 2.05) is 32.9 Å². The Hall–Kier alpha value is -1.57. The molecule has 29 heavy (non-hydrogen) atoms. The molecule has 0 amide bonds. The Morgan fingerprint density at radius 1 is 1.17 bits per heavy atom. The van der Waals surface area contributed by atoms with Crippen molar-refractivity contribution in [1.29, 1.82) is 0 Å². The van der Waals surface area contributed by atoms with E-state index < -0.39 is 13.5 Å². The molecule has 0 radical (unpaired) electrons. The first-order valence-corrected chi connectivity index (χ1v) is 14.3. The third-order valence-electron chi connectivity index (χ3n) is 5.61. The molecule has 1 heterocycles. The molecule has 160 valence electrons. The average molecular weight is 415 g/mol. The van der Waals surface area contributed by atoms with Crippen LogP contribution in [-0.4, -0.2) is 26.3 Å². The molecule has 1 aromatic rings. The molecule has 1 aliphatic heterocycles. The van der Waals surface area contributed by atoms with Gasteiger partial charge in [-0.3, -0.25) is 4.79 Å². The van der Waals surface area contributed by atoms with E-state index >= 15 is 0 Å². The Labute approximate surface area is 178 Å². The summed E-state index contributed by atoms with van der Waals surface area (Å²) < 4.78 is 12.6. The number of carbonyl (C=O) groups excluding carboxylic acids is 1. The van der Waals surface area contributed by atoms with Gasteiger partial charge in [0, 0.05) is 11.5 Å². The third kappa shape index (κ3) is 6.20. The maximum absolute atomic E-state index is 12.7. The summed E-state index contributed by atoms with van der Waals surface area (Å²) in [5.41, 5.74) is 4.92. The second-order valence-electron chi connectivity index (χ2n) is 10.5. The zero-order chi connectivity index (χ0) is 22.0. The van der Waals surface area contributed by atoms with Crippen LogP contribution in [0.3, 0.4) is 0 Å². The minimum atomic E-state index is -1.45. The predicted molar refractivity (Wildman–Crippen MR) is 122 cm³/mol. The SMILES string of the molecule is CC[C@H]1O[C@H](c2cccc(C#C[Si](C)(C)C)c2)[C@@H](OC(=O)C(C)(C)C)[C@@H](C)[C@@H]1C. The number of esters is 1. The molecule has 2 rings (SSSR count). The Morgan fingerprint density at radius 2 is 1.83 bits per heavy atom. The second kappa shape index (κ2) is 9.06. The van der Waals surface area contributed by atoms with Gasteiger partial charge < -0.3 is 9.47 Å². The topological polar surface area (TPSA) is 35.5 Å². The molecule has 3 nitrogen and oxygen atoms in total. The van der Waals surface area contributed by atoms with Gasteiger partial charge >= 0.3 is 5.97 Å². The fourth-order valence-corrected chi connectivity index (χ4v) is 4.08. The van der Waals surface area contributed by atoms with Gasteiger partial charge in [-0.15, -0.1) is 5.54 Å². The van der Waals surface area contributed by atoms with Gasteiger partial charge in [0.2, 0.25) is 0 Å². The molecule has 0 spiro atoms. The lowest BCUT2D eigenvalue weighted by molar-refractivity contribution is -0.204. The minimum absolute atomic E-state index is 0.149. The maximum atomic E-state index is 12.7. The molecule has 0 saturated carbocycles. The molecule has 1 fully saturated rings. The average Bonchev–Trinajstić information content (AvgIpc) is 2.63. The first kappa shape index (κ1) is 23.7. The molecule has 1 saturated heterocycles.